The predicted molar refractivity (Wildman–Crippen MR) is 87.9 cm³/mol. The van der Waals surface area contributed by atoms with E-state index in [0.29, 0.717) is 13.0 Å². The highest BCUT2D eigenvalue weighted by Gasteiger charge is 2.15. The molecule has 1 aromatic heterocycles. The molecule has 2 rings (SSSR count). The Morgan fingerprint density at radius 2 is 2.10 bits per heavy atom. The SMILES string of the molecule is CCCC(NCc1ccc(-c2ccccc2Cl)s1)C(=O)O. The molecule has 0 spiro atoms. The molecule has 0 fully saturated rings. The lowest BCUT2D eigenvalue weighted by Gasteiger charge is -2.12. The molecular formula is C16H18ClNO2S. The van der Waals surface area contributed by atoms with Crippen molar-refractivity contribution in [2.45, 2.75) is 32.4 Å². The van der Waals surface area contributed by atoms with Crippen LogP contribution in [0, 0.1) is 0 Å². The van der Waals surface area contributed by atoms with Crippen LogP contribution >= 0.6 is 22.9 Å². The molecule has 21 heavy (non-hydrogen) atoms. The molecule has 0 aliphatic rings. The Bertz CT molecular complexity index is 612. The first-order valence-corrected chi connectivity index (χ1v) is 8.11. The van der Waals surface area contributed by atoms with E-state index in [1.165, 1.54) is 0 Å². The van der Waals surface area contributed by atoms with Gasteiger partial charge in [-0.1, -0.05) is 43.1 Å². The number of hydrogen-bond donors (Lipinski definition) is 2. The molecular weight excluding hydrogens is 306 g/mol. The Balaban J connectivity index is 2.04. The van der Waals surface area contributed by atoms with Crippen LogP contribution in [0.1, 0.15) is 24.6 Å². The van der Waals surface area contributed by atoms with Crippen molar-refractivity contribution in [1.29, 1.82) is 0 Å². The maximum absolute atomic E-state index is 11.1. The number of nitrogens with one attached hydrogen (secondary N) is 1. The number of carbonyl (C=O) groups is 1. The second kappa shape index (κ2) is 7.59. The zero-order valence-corrected chi connectivity index (χ0v) is 13.4. The van der Waals surface area contributed by atoms with E-state index in [-0.39, 0.29) is 0 Å². The molecule has 0 aliphatic carbocycles. The second-order valence-corrected chi connectivity index (χ2v) is 6.38. The van der Waals surface area contributed by atoms with Gasteiger partial charge in [-0.15, -0.1) is 11.3 Å². The third kappa shape index (κ3) is 4.30. The smallest absolute Gasteiger partial charge is 0.320 e. The summed E-state index contributed by atoms with van der Waals surface area (Å²) in [5.74, 6) is -0.792. The van der Waals surface area contributed by atoms with Crippen molar-refractivity contribution in [2.75, 3.05) is 0 Å². The molecule has 0 radical (unpaired) electrons. The van der Waals surface area contributed by atoms with Crippen molar-refractivity contribution in [3.8, 4) is 10.4 Å². The summed E-state index contributed by atoms with van der Waals surface area (Å²) in [6.45, 7) is 2.55. The van der Waals surface area contributed by atoms with Gasteiger partial charge >= 0.3 is 5.97 Å². The fraction of sp³-hybridized carbons (Fsp3) is 0.312. The first-order valence-electron chi connectivity index (χ1n) is 6.91. The third-order valence-corrected chi connectivity index (χ3v) is 4.65. The van der Waals surface area contributed by atoms with Crippen molar-refractivity contribution in [3.63, 3.8) is 0 Å². The van der Waals surface area contributed by atoms with Gasteiger partial charge in [0.05, 0.1) is 0 Å². The van der Waals surface area contributed by atoms with Gasteiger partial charge in [0.15, 0.2) is 0 Å². The first kappa shape index (κ1) is 16.0. The Labute approximate surface area is 133 Å². The van der Waals surface area contributed by atoms with Gasteiger partial charge in [-0.25, -0.2) is 0 Å². The van der Waals surface area contributed by atoms with E-state index in [1.807, 2.05) is 43.3 Å². The summed E-state index contributed by atoms with van der Waals surface area (Å²) in [6.07, 6.45) is 1.48. The van der Waals surface area contributed by atoms with E-state index in [4.69, 9.17) is 16.7 Å². The molecule has 0 amide bonds. The number of thiophene rings is 1. The summed E-state index contributed by atoms with van der Waals surface area (Å²) in [7, 11) is 0. The standard InChI is InChI=1S/C16H18ClNO2S/c1-2-5-14(16(19)20)18-10-11-8-9-15(21-11)12-6-3-4-7-13(12)17/h3-4,6-9,14,18H,2,5,10H2,1H3,(H,19,20). The van der Waals surface area contributed by atoms with E-state index in [2.05, 4.69) is 5.32 Å². The zero-order chi connectivity index (χ0) is 15.2. The summed E-state index contributed by atoms with van der Waals surface area (Å²) < 4.78 is 0. The van der Waals surface area contributed by atoms with Gasteiger partial charge in [-0.05, 0) is 24.6 Å². The highest BCUT2D eigenvalue weighted by Crippen LogP contribution is 2.33. The predicted octanol–water partition coefficient (Wildman–Crippen LogP) is 4.41. The molecule has 0 aliphatic heterocycles. The van der Waals surface area contributed by atoms with Crippen LogP contribution in [0.25, 0.3) is 10.4 Å². The van der Waals surface area contributed by atoms with Gasteiger partial charge in [-0.2, -0.15) is 0 Å². The quantitative estimate of drug-likeness (QED) is 0.793. The van der Waals surface area contributed by atoms with Crippen molar-refractivity contribution in [2.24, 2.45) is 0 Å². The lowest BCUT2D eigenvalue weighted by atomic mass is 10.1. The third-order valence-electron chi connectivity index (χ3n) is 3.20. The molecule has 3 nitrogen and oxygen atoms in total. The fourth-order valence-corrected chi connectivity index (χ4v) is 3.40. The Kier molecular flexibility index (Phi) is 5.79. The first-order chi connectivity index (χ1) is 10.1. The largest absolute Gasteiger partial charge is 0.480 e. The van der Waals surface area contributed by atoms with Crippen molar-refractivity contribution >= 4 is 28.9 Å². The summed E-state index contributed by atoms with van der Waals surface area (Å²) >= 11 is 7.82. The average Bonchev–Trinajstić information content (AvgIpc) is 2.92. The number of carboxylic acid groups (broad SMARTS) is 1. The normalized spacial score (nSPS) is 12.3. The van der Waals surface area contributed by atoms with Crippen LogP contribution in [0.3, 0.4) is 0 Å². The molecule has 0 bridgehead atoms. The molecule has 1 atom stereocenters. The van der Waals surface area contributed by atoms with E-state index >= 15 is 0 Å². The number of rotatable bonds is 7. The minimum absolute atomic E-state index is 0.485. The van der Waals surface area contributed by atoms with Crippen LogP contribution < -0.4 is 5.32 Å². The topological polar surface area (TPSA) is 49.3 Å². The van der Waals surface area contributed by atoms with Gasteiger partial charge in [0, 0.05) is 26.9 Å². The maximum Gasteiger partial charge on any atom is 0.320 e. The highest BCUT2D eigenvalue weighted by molar-refractivity contribution is 7.15. The number of halogens is 1. The maximum atomic E-state index is 11.1. The molecule has 2 aromatic rings. The molecule has 1 heterocycles. The van der Waals surface area contributed by atoms with Crippen LogP contribution in [0.2, 0.25) is 5.02 Å². The minimum Gasteiger partial charge on any atom is -0.480 e. The lowest BCUT2D eigenvalue weighted by molar-refractivity contribution is -0.139. The fourth-order valence-electron chi connectivity index (χ4n) is 2.10. The monoisotopic (exact) mass is 323 g/mol. The van der Waals surface area contributed by atoms with Crippen LogP contribution in [-0.2, 0) is 11.3 Å². The van der Waals surface area contributed by atoms with Crippen LogP contribution in [0.5, 0.6) is 0 Å². The van der Waals surface area contributed by atoms with Crippen LogP contribution in [-0.4, -0.2) is 17.1 Å². The molecule has 0 saturated carbocycles. The Hall–Kier alpha value is -1.36. The van der Waals surface area contributed by atoms with Gasteiger partial charge in [-0.3, -0.25) is 10.1 Å². The van der Waals surface area contributed by atoms with E-state index in [0.717, 1.165) is 26.8 Å². The van der Waals surface area contributed by atoms with Gasteiger partial charge in [0.1, 0.15) is 6.04 Å². The molecule has 1 aromatic carbocycles. The summed E-state index contributed by atoms with van der Waals surface area (Å²) in [6, 6.07) is 11.3. The second-order valence-electron chi connectivity index (χ2n) is 4.81. The van der Waals surface area contributed by atoms with Gasteiger partial charge in [0.2, 0.25) is 0 Å². The van der Waals surface area contributed by atoms with Crippen LogP contribution in [0.15, 0.2) is 36.4 Å². The van der Waals surface area contributed by atoms with Crippen molar-refractivity contribution < 1.29 is 9.90 Å². The Morgan fingerprint density at radius 3 is 2.76 bits per heavy atom. The van der Waals surface area contributed by atoms with Crippen molar-refractivity contribution in [1.82, 2.24) is 5.32 Å². The summed E-state index contributed by atoms with van der Waals surface area (Å²) in [5, 5.41) is 12.9. The highest BCUT2D eigenvalue weighted by atomic mass is 35.5. The summed E-state index contributed by atoms with van der Waals surface area (Å²) in [4.78, 5) is 13.3. The van der Waals surface area contributed by atoms with E-state index in [9.17, 15) is 4.79 Å². The molecule has 5 heteroatoms. The lowest BCUT2D eigenvalue weighted by Crippen LogP contribution is -2.35. The molecule has 112 valence electrons. The van der Waals surface area contributed by atoms with Gasteiger partial charge in [0.25, 0.3) is 0 Å². The van der Waals surface area contributed by atoms with Gasteiger partial charge < -0.3 is 5.11 Å². The summed E-state index contributed by atoms with van der Waals surface area (Å²) in [5.41, 5.74) is 1.01. The number of aliphatic carboxylic acids is 1. The zero-order valence-electron chi connectivity index (χ0n) is 11.8. The number of benzene rings is 1. The molecule has 2 N–H and O–H groups in total. The van der Waals surface area contributed by atoms with E-state index < -0.39 is 12.0 Å². The Morgan fingerprint density at radius 1 is 1.33 bits per heavy atom. The van der Waals surface area contributed by atoms with E-state index in [1.54, 1.807) is 11.3 Å². The molecule has 1 unspecified atom stereocenters. The molecule has 0 saturated heterocycles. The van der Waals surface area contributed by atoms with Crippen molar-refractivity contribution in [3.05, 3.63) is 46.3 Å². The average molecular weight is 324 g/mol. The number of hydrogen-bond acceptors (Lipinski definition) is 3. The van der Waals surface area contributed by atoms with Crippen LogP contribution in [0.4, 0.5) is 0 Å². The minimum atomic E-state index is -0.792. The number of carboxylic acids is 1.